The molecule has 2 aromatic carbocycles. The van der Waals surface area contributed by atoms with Gasteiger partial charge in [-0.2, -0.15) is 0 Å². The topological polar surface area (TPSA) is 136 Å². The molecule has 36 heavy (non-hydrogen) atoms. The van der Waals surface area contributed by atoms with E-state index in [0.717, 1.165) is 0 Å². The molecular weight excluding hydrogens is 468 g/mol. The van der Waals surface area contributed by atoms with Crippen LogP contribution in [0.3, 0.4) is 0 Å². The third kappa shape index (κ3) is 5.77. The van der Waals surface area contributed by atoms with Crippen molar-refractivity contribution >= 4 is 23.2 Å². The summed E-state index contributed by atoms with van der Waals surface area (Å²) >= 11 is 0. The SMILES string of the molecule is COc1ccc(C(CC(=O)Nc2ccc(NC(C)=O)cc2)c2c(O)cc(C)oc2=O)c(OC)c1OC. The predicted molar refractivity (Wildman–Crippen MR) is 133 cm³/mol. The number of rotatable bonds is 9. The molecule has 0 spiro atoms. The van der Waals surface area contributed by atoms with E-state index in [9.17, 15) is 19.5 Å². The van der Waals surface area contributed by atoms with E-state index < -0.39 is 17.5 Å². The van der Waals surface area contributed by atoms with Gasteiger partial charge in [0.15, 0.2) is 11.5 Å². The summed E-state index contributed by atoms with van der Waals surface area (Å²) in [5.74, 6) is -0.781. The van der Waals surface area contributed by atoms with E-state index in [1.807, 2.05) is 0 Å². The molecule has 3 rings (SSSR count). The van der Waals surface area contributed by atoms with Gasteiger partial charge in [-0.15, -0.1) is 0 Å². The van der Waals surface area contributed by atoms with Crippen LogP contribution < -0.4 is 30.5 Å². The Morgan fingerprint density at radius 3 is 2.08 bits per heavy atom. The average molecular weight is 497 g/mol. The number of amides is 2. The summed E-state index contributed by atoms with van der Waals surface area (Å²) in [5.41, 5.74) is 0.602. The fraction of sp³-hybridized carbons (Fsp3) is 0.269. The summed E-state index contributed by atoms with van der Waals surface area (Å²) in [6, 6.07) is 11.1. The zero-order valence-electron chi connectivity index (χ0n) is 20.6. The van der Waals surface area contributed by atoms with Gasteiger partial charge in [0.2, 0.25) is 17.6 Å². The summed E-state index contributed by atoms with van der Waals surface area (Å²) in [6.45, 7) is 2.93. The van der Waals surface area contributed by atoms with E-state index in [0.29, 0.717) is 22.7 Å². The Morgan fingerprint density at radius 2 is 1.56 bits per heavy atom. The normalized spacial score (nSPS) is 11.4. The highest BCUT2D eigenvalue weighted by molar-refractivity contribution is 5.93. The van der Waals surface area contributed by atoms with Crippen LogP contribution >= 0.6 is 0 Å². The summed E-state index contributed by atoms with van der Waals surface area (Å²) in [4.78, 5) is 37.2. The lowest BCUT2D eigenvalue weighted by Crippen LogP contribution is -2.21. The lowest BCUT2D eigenvalue weighted by atomic mass is 9.87. The number of hydrogen-bond donors (Lipinski definition) is 3. The third-order valence-corrected chi connectivity index (χ3v) is 5.43. The number of benzene rings is 2. The molecule has 0 aliphatic rings. The van der Waals surface area contributed by atoms with Gasteiger partial charge < -0.3 is 34.4 Å². The van der Waals surface area contributed by atoms with Crippen molar-refractivity contribution in [3.8, 4) is 23.0 Å². The minimum absolute atomic E-state index is 0.0951. The Balaban J connectivity index is 2.03. The first-order valence-corrected chi connectivity index (χ1v) is 11.0. The van der Waals surface area contributed by atoms with Gasteiger partial charge in [-0.1, -0.05) is 6.07 Å². The fourth-order valence-corrected chi connectivity index (χ4v) is 3.93. The Bertz CT molecular complexity index is 1310. The van der Waals surface area contributed by atoms with Gasteiger partial charge in [-0.3, -0.25) is 9.59 Å². The molecule has 1 aromatic heterocycles. The molecule has 0 aliphatic carbocycles. The van der Waals surface area contributed by atoms with Crippen LogP contribution in [0.5, 0.6) is 23.0 Å². The Kier molecular flexibility index (Phi) is 8.21. The second-order valence-corrected chi connectivity index (χ2v) is 7.93. The highest BCUT2D eigenvalue weighted by Gasteiger charge is 2.30. The van der Waals surface area contributed by atoms with Crippen molar-refractivity contribution in [2.24, 2.45) is 0 Å². The molecule has 10 heteroatoms. The molecule has 2 amide bonds. The van der Waals surface area contributed by atoms with Crippen molar-refractivity contribution in [3.63, 3.8) is 0 Å². The van der Waals surface area contributed by atoms with Crippen molar-refractivity contribution in [3.05, 3.63) is 69.8 Å². The first-order chi connectivity index (χ1) is 17.2. The molecule has 3 N–H and O–H groups in total. The second-order valence-electron chi connectivity index (χ2n) is 7.93. The van der Waals surface area contributed by atoms with E-state index in [1.165, 1.54) is 41.2 Å². The van der Waals surface area contributed by atoms with E-state index >= 15 is 0 Å². The van der Waals surface area contributed by atoms with Crippen LogP contribution in [0, 0.1) is 6.92 Å². The molecule has 1 heterocycles. The zero-order chi connectivity index (χ0) is 26.4. The van der Waals surface area contributed by atoms with Gasteiger partial charge in [-0.25, -0.2) is 4.79 Å². The number of aromatic hydroxyl groups is 1. The lowest BCUT2D eigenvalue weighted by Gasteiger charge is -2.22. The molecule has 190 valence electrons. The van der Waals surface area contributed by atoms with Gasteiger partial charge in [0.05, 0.1) is 26.9 Å². The van der Waals surface area contributed by atoms with Crippen LogP contribution in [-0.2, 0) is 9.59 Å². The minimum Gasteiger partial charge on any atom is -0.507 e. The number of carbonyl (C=O) groups is 2. The molecule has 0 aliphatic heterocycles. The van der Waals surface area contributed by atoms with Crippen molar-refractivity contribution in [2.75, 3.05) is 32.0 Å². The maximum absolute atomic E-state index is 13.1. The number of anilines is 2. The molecule has 1 atom stereocenters. The fourth-order valence-electron chi connectivity index (χ4n) is 3.93. The van der Waals surface area contributed by atoms with Gasteiger partial charge in [0, 0.05) is 42.3 Å². The van der Waals surface area contributed by atoms with Crippen molar-refractivity contribution in [2.45, 2.75) is 26.2 Å². The van der Waals surface area contributed by atoms with E-state index in [4.69, 9.17) is 18.6 Å². The minimum atomic E-state index is -0.949. The smallest absolute Gasteiger partial charge is 0.343 e. The monoisotopic (exact) mass is 496 g/mol. The molecular formula is C26H28N2O8. The summed E-state index contributed by atoms with van der Waals surface area (Å²) < 4.78 is 21.6. The molecule has 3 aromatic rings. The third-order valence-electron chi connectivity index (χ3n) is 5.43. The van der Waals surface area contributed by atoms with Crippen molar-refractivity contribution in [1.29, 1.82) is 0 Å². The largest absolute Gasteiger partial charge is 0.507 e. The van der Waals surface area contributed by atoms with Gasteiger partial charge in [0.25, 0.3) is 0 Å². The van der Waals surface area contributed by atoms with Crippen LogP contribution in [0.1, 0.15) is 36.1 Å². The number of ether oxygens (including phenoxy) is 3. The summed E-state index contributed by atoms with van der Waals surface area (Å²) in [6.07, 6.45) is -0.235. The number of methoxy groups -OCH3 is 3. The molecule has 1 unspecified atom stereocenters. The molecule has 0 saturated heterocycles. The number of hydrogen-bond acceptors (Lipinski definition) is 8. The first-order valence-electron chi connectivity index (χ1n) is 11.0. The zero-order valence-corrected chi connectivity index (χ0v) is 20.6. The van der Waals surface area contributed by atoms with Crippen molar-refractivity contribution in [1.82, 2.24) is 0 Å². The van der Waals surface area contributed by atoms with Gasteiger partial charge in [0.1, 0.15) is 11.5 Å². The van der Waals surface area contributed by atoms with E-state index in [1.54, 1.807) is 36.4 Å². The quantitative estimate of drug-likeness (QED) is 0.407. The van der Waals surface area contributed by atoms with Crippen LogP contribution in [0.4, 0.5) is 11.4 Å². The highest BCUT2D eigenvalue weighted by atomic mass is 16.5. The van der Waals surface area contributed by atoms with Gasteiger partial charge >= 0.3 is 5.63 Å². The molecule has 0 bridgehead atoms. The highest BCUT2D eigenvalue weighted by Crippen LogP contribution is 2.46. The molecule has 0 radical (unpaired) electrons. The standard InChI is InChI=1S/C26H28N2O8/c1-14-12-20(30)23(26(32)36-14)19(18-10-11-21(33-3)25(35-5)24(18)34-4)13-22(31)28-17-8-6-16(7-9-17)27-15(2)29/h6-12,19,30H,13H2,1-5H3,(H,27,29)(H,28,31). The second kappa shape index (κ2) is 11.3. The van der Waals surface area contributed by atoms with Crippen LogP contribution in [-0.4, -0.2) is 38.3 Å². The number of nitrogens with one attached hydrogen (secondary N) is 2. The number of aryl methyl sites for hydroxylation is 1. The Morgan fingerprint density at radius 1 is 0.944 bits per heavy atom. The van der Waals surface area contributed by atoms with Crippen LogP contribution in [0.15, 0.2) is 51.7 Å². The molecule has 0 fully saturated rings. The molecule has 0 saturated carbocycles. The Labute approximate surface area is 207 Å². The molecule has 10 nitrogen and oxygen atoms in total. The summed E-state index contributed by atoms with van der Waals surface area (Å²) in [5, 5.41) is 16.1. The predicted octanol–water partition coefficient (Wildman–Crippen LogP) is 3.80. The summed E-state index contributed by atoms with van der Waals surface area (Å²) in [7, 11) is 4.33. The Hall–Kier alpha value is -4.47. The average Bonchev–Trinajstić information content (AvgIpc) is 2.82. The van der Waals surface area contributed by atoms with E-state index in [2.05, 4.69) is 10.6 Å². The van der Waals surface area contributed by atoms with E-state index in [-0.39, 0.29) is 40.9 Å². The van der Waals surface area contributed by atoms with Gasteiger partial charge in [-0.05, 0) is 37.3 Å². The van der Waals surface area contributed by atoms with Crippen LogP contribution in [0.25, 0.3) is 0 Å². The van der Waals surface area contributed by atoms with Crippen LogP contribution in [0.2, 0.25) is 0 Å². The lowest BCUT2D eigenvalue weighted by molar-refractivity contribution is -0.116. The number of carbonyl (C=O) groups excluding carboxylic acids is 2. The first kappa shape index (κ1) is 26.1. The van der Waals surface area contributed by atoms with Crippen molar-refractivity contribution < 1.29 is 33.3 Å². The maximum Gasteiger partial charge on any atom is 0.343 e. The maximum atomic E-state index is 13.1.